The summed E-state index contributed by atoms with van der Waals surface area (Å²) in [6.45, 7) is 7.48. The van der Waals surface area contributed by atoms with Gasteiger partial charge in [-0.1, -0.05) is 57.1 Å². The average molecular weight is 798 g/mol. The number of nitrogens with one attached hydrogen (secondary N) is 2. The van der Waals surface area contributed by atoms with Crippen molar-refractivity contribution in [1.82, 2.24) is 25.5 Å². The normalized spacial score (nSPS) is 27.2. The minimum Gasteiger partial charge on any atom is -0.495 e. The molecular weight excluding hydrogens is 750 g/mol. The van der Waals surface area contributed by atoms with Crippen molar-refractivity contribution in [3.8, 4) is 28.1 Å². The number of esters is 1. The number of alkyl carbamates (subject to hydrolysis) is 1. The average Bonchev–Trinajstić information content (AvgIpc) is 3.80. The van der Waals surface area contributed by atoms with Gasteiger partial charge in [-0.25, -0.2) is 19.6 Å². The molecule has 14 nitrogen and oxygen atoms in total. The van der Waals surface area contributed by atoms with Crippen molar-refractivity contribution in [1.29, 1.82) is 0 Å². The summed E-state index contributed by atoms with van der Waals surface area (Å²) in [6.07, 6.45) is 2.48. The number of methoxy groups -OCH3 is 3. The molecule has 1 aromatic carbocycles. The first-order chi connectivity index (χ1) is 26.2. The number of fused-ring (bicyclic) bond motifs is 2. The lowest BCUT2D eigenvalue weighted by Crippen LogP contribution is -2.59. The molecule has 0 radical (unpaired) electrons. The Labute approximate surface area is 328 Å². The molecule has 1 saturated heterocycles. The van der Waals surface area contributed by atoms with E-state index in [9.17, 15) is 19.2 Å². The van der Waals surface area contributed by atoms with Crippen molar-refractivity contribution in [3.63, 3.8) is 0 Å². The van der Waals surface area contributed by atoms with Gasteiger partial charge in [0, 0.05) is 23.3 Å². The van der Waals surface area contributed by atoms with E-state index in [0.717, 1.165) is 12.8 Å². The Morgan fingerprint density at radius 2 is 1.75 bits per heavy atom. The highest BCUT2D eigenvalue weighted by atomic mass is 35.5. The number of halogens is 1. The Morgan fingerprint density at radius 3 is 2.36 bits per heavy atom. The SMILES string of the molecule is CC[C@@H]1C[C@]1(NC(=O)[C@@H]1C[C@@H](Oc2cc(-c3csc(OC)n3)nc3c(Cl)c(OC)ccc23)CN1C(=O)C(NC(=O)O[C@@H]1C[C@@H]2C[C@@H]2C1)C(C)(C)C)C(=O)OC. The van der Waals surface area contributed by atoms with Gasteiger partial charge in [0.25, 0.3) is 5.19 Å². The molecule has 3 heterocycles. The summed E-state index contributed by atoms with van der Waals surface area (Å²) in [6, 6.07) is 3.16. The zero-order chi connectivity index (χ0) is 39.4. The second kappa shape index (κ2) is 14.9. The van der Waals surface area contributed by atoms with E-state index in [4.69, 9.17) is 40.3 Å². The number of ether oxygens (including phenoxy) is 5. The fourth-order valence-electron chi connectivity index (χ4n) is 8.25. The standard InChI is InChI=1S/C39H48ClN5O9S/c1-8-21-16-39(21,35(48)51-6)44-33(46)27-14-23(17-45(27)34(47)32(38(2,3)4)43-36(49)54-22-12-19-11-20(19)13-22)53-29-15-25(26-18-55-37(42-26)52-7)41-31-24(29)9-10-28(50-5)30(31)40/h9-10,15,18-23,27,32H,8,11-14,16-17H2,1-7H3,(H,43,49)(H,44,46)/t19-,20+,21-,22+,23-,27+,32?,39-/m1/s1. The van der Waals surface area contributed by atoms with Crippen molar-refractivity contribution in [2.45, 2.75) is 96.1 Å². The zero-order valence-electron chi connectivity index (χ0n) is 32.1. The number of carbonyl (C=O) groups excluding carboxylic acids is 4. The van der Waals surface area contributed by atoms with Crippen molar-refractivity contribution in [3.05, 3.63) is 28.6 Å². The summed E-state index contributed by atoms with van der Waals surface area (Å²) in [5.74, 6) is 0.436. The maximum absolute atomic E-state index is 14.7. The second-order valence-electron chi connectivity index (χ2n) is 16.1. The largest absolute Gasteiger partial charge is 0.495 e. The van der Waals surface area contributed by atoms with E-state index in [2.05, 4.69) is 15.6 Å². The summed E-state index contributed by atoms with van der Waals surface area (Å²) in [5, 5.41) is 8.91. The van der Waals surface area contributed by atoms with Gasteiger partial charge < -0.3 is 39.2 Å². The van der Waals surface area contributed by atoms with Gasteiger partial charge in [-0.15, -0.1) is 0 Å². The van der Waals surface area contributed by atoms with Crippen LogP contribution in [0.3, 0.4) is 0 Å². The van der Waals surface area contributed by atoms with Crippen LogP contribution < -0.4 is 24.8 Å². The molecule has 3 aromatic rings. The number of benzene rings is 1. The number of amides is 3. The van der Waals surface area contributed by atoms with E-state index in [0.29, 0.717) is 63.7 Å². The minimum absolute atomic E-state index is 0.00219. The van der Waals surface area contributed by atoms with Crippen LogP contribution in [0.15, 0.2) is 23.6 Å². The number of aromatic nitrogens is 2. The fourth-order valence-corrected chi connectivity index (χ4v) is 9.17. The van der Waals surface area contributed by atoms with Crippen LogP contribution in [0.25, 0.3) is 22.3 Å². The number of hydrogen-bond donors (Lipinski definition) is 2. The van der Waals surface area contributed by atoms with E-state index in [1.54, 1.807) is 23.6 Å². The molecule has 16 heteroatoms. The van der Waals surface area contributed by atoms with E-state index >= 15 is 0 Å². The summed E-state index contributed by atoms with van der Waals surface area (Å²) >= 11 is 8.10. The molecule has 0 spiro atoms. The van der Waals surface area contributed by atoms with Gasteiger partial charge >= 0.3 is 12.1 Å². The van der Waals surface area contributed by atoms with Crippen LogP contribution >= 0.6 is 22.9 Å². The first-order valence-electron chi connectivity index (χ1n) is 18.7. The van der Waals surface area contributed by atoms with Crippen LogP contribution in [-0.2, 0) is 23.9 Å². The summed E-state index contributed by atoms with van der Waals surface area (Å²) in [7, 11) is 4.34. The van der Waals surface area contributed by atoms with Gasteiger partial charge in [0.2, 0.25) is 11.8 Å². The molecular formula is C39H48ClN5O9S. The van der Waals surface area contributed by atoms with Crippen molar-refractivity contribution < 1.29 is 42.9 Å². The van der Waals surface area contributed by atoms with Crippen LogP contribution in [0.2, 0.25) is 5.02 Å². The first-order valence-corrected chi connectivity index (χ1v) is 20.0. The number of nitrogens with zero attached hydrogens (tertiary/aromatic N) is 3. The predicted octanol–water partition coefficient (Wildman–Crippen LogP) is 5.77. The number of thiazole rings is 1. The molecule has 1 unspecified atom stereocenters. The van der Waals surface area contributed by atoms with Crippen LogP contribution in [0.5, 0.6) is 16.7 Å². The van der Waals surface area contributed by atoms with Gasteiger partial charge in [-0.2, -0.15) is 0 Å². The van der Waals surface area contributed by atoms with Crippen LogP contribution in [-0.4, -0.2) is 96.4 Å². The Bertz CT molecular complexity index is 1990. The first kappa shape index (κ1) is 38.9. The van der Waals surface area contributed by atoms with Gasteiger partial charge in [-0.05, 0) is 61.0 Å². The molecule has 4 aliphatic rings. The highest BCUT2D eigenvalue weighted by Crippen LogP contribution is 2.52. The summed E-state index contributed by atoms with van der Waals surface area (Å²) < 4.78 is 28.4. The van der Waals surface area contributed by atoms with Crippen LogP contribution in [0.4, 0.5) is 4.79 Å². The molecule has 3 amide bonds. The van der Waals surface area contributed by atoms with E-state index < -0.39 is 53.0 Å². The quantitative estimate of drug-likeness (QED) is 0.214. The Hall–Kier alpha value is -4.37. The predicted molar refractivity (Wildman–Crippen MR) is 204 cm³/mol. The number of hydrogen-bond acceptors (Lipinski definition) is 12. The van der Waals surface area contributed by atoms with Crippen molar-refractivity contribution in [2.75, 3.05) is 27.9 Å². The Balaban J connectivity index is 1.20. The lowest BCUT2D eigenvalue weighted by Gasteiger charge is -2.35. The highest BCUT2D eigenvalue weighted by molar-refractivity contribution is 7.11. The molecule has 296 valence electrons. The number of likely N-dealkylation sites (tertiary alicyclic amines) is 1. The van der Waals surface area contributed by atoms with E-state index in [-0.39, 0.29) is 30.0 Å². The van der Waals surface area contributed by atoms with Gasteiger partial charge in [0.05, 0.1) is 39.1 Å². The Kier molecular flexibility index (Phi) is 10.6. The molecule has 3 aliphatic carbocycles. The number of pyridine rings is 1. The number of carbonyl (C=O) groups is 4. The second-order valence-corrected chi connectivity index (χ2v) is 17.3. The monoisotopic (exact) mass is 797 g/mol. The van der Waals surface area contributed by atoms with E-state index in [1.165, 1.54) is 44.0 Å². The highest BCUT2D eigenvalue weighted by Gasteiger charge is 2.62. The molecule has 55 heavy (non-hydrogen) atoms. The van der Waals surface area contributed by atoms with E-state index in [1.807, 2.05) is 27.7 Å². The minimum atomic E-state index is -1.18. The summed E-state index contributed by atoms with van der Waals surface area (Å²) in [5.41, 5.74) is -0.521. The van der Waals surface area contributed by atoms with Crippen LogP contribution in [0.1, 0.15) is 66.2 Å². The lowest BCUT2D eigenvalue weighted by molar-refractivity contribution is -0.148. The molecule has 4 fully saturated rings. The van der Waals surface area contributed by atoms with Crippen LogP contribution in [0, 0.1) is 23.2 Å². The molecule has 3 saturated carbocycles. The number of rotatable bonds is 12. The van der Waals surface area contributed by atoms with Gasteiger partial charge in [-0.3, -0.25) is 9.59 Å². The van der Waals surface area contributed by atoms with Gasteiger partial charge in [0.1, 0.15) is 52.0 Å². The smallest absolute Gasteiger partial charge is 0.408 e. The lowest BCUT2D eigenvalue weighted by atomic mass is 9.85. The zero-order valence-corrected chi connectivity index (χ0v) is 33.7. The molecule has 2 aromatic heterocycles. The third kappa shape index (κ3) is 7.61. The molecule has 0 bridgehead atoms. The van der Waals surface area contributed by atoms with Crippen molar-refractivity contribution >= 4 is 57.7 Å². The maximum Gasteiger partial charge on any atom is 0.408 e. The van der Waals surface area contributed by atoms with Crippen molar-refractivity contribution in [2.24, 2.45) is 23.2 Å². The molecule has 2 N–H and O–H groups in total. The third-order valence-corrected chi connectivity index (χ3v) is 12.6. The molecule has 8 atom stereocenters. The van der Waals surface area contributed by atoms with Gasteiger partial charge in [0.15, 0.2) is 0 Å². The molecule has 7 rings (SSSR count). The fraction of sp³-hybridized carbons (Fsp3) is 0.590. The summed E-state index contributed by atoms with van der Waals surface area (Å²) in [4.78, 5) is 66.0. The Morgan fingerprint density at radius 1 is 1.00 bits per heavy atom. The maximum atomic E-state index is 14.7. The third-order valence-electron chi connectivity index (χ3n) is 11.5. The molecule has 1 aliphatic heterocycles. The topological polar surface area (TPSA) is 168 Å².